The predicted octanol–water partition coefficient (Wildman–Crippen LogP) is 0.898. The highest BCUT2D eigenvalue weighted by atomic mass is 32.2. The molecular weight excluding hydrogens is 160 g/mol. The van der Waals surface area contributed by atoms with Gasteiger partial charge in [-0.15, -0.1) is 0 Å². The van der Waals surface area contributed by atoms with Crippen LogP contribution in [0.3, 0.4) is 0 Å². The standard InChI is InChI=1S/C7H16N2OS/c1-3-4-5-6(9-2)7(10)11-8/h6,9H,3-5,8H2,1-2H3/t6-/m0/s1. The Balaban J connectivity index is 3.65. The van der Waals surface area contributed by atoms with Crippen molar-refractivity contribution in [2.24, 2.45) is 5.14 Å². The van der Waals surface area contributed by atoms with Gasteiger partial charge in [-0.3, -0.25) is 9.93 Å². The van der Waals surface area contributed by atoms with Crippen LogP contribution in [-0.2, 0) is 4.79 Å². The highest BCUT2D eigenvalue weighted by Gasteiger charge is 2.13. The van der Waals surface area contributed by atoms with E-state index < -0.39 is 0 Å². The van der Waals surface area contributed by atoms with Crippen molar-refractivity contribution in [2.75, 3.05) is 7.05 Å². The summed E-state index contributed by atoms with van der Waals surface area (Å²) in [4.78, 5) is 11.0. The average Bonchev–Trinajstić information content (AvgIpc) is 2.05. The van der Waals surface area contributed by atoms with Crippen molar-refractivity contribution in [3.05, 3.63) is 0 Å². The largest absolute Gasteiger partial charge is 0.310 e. The lowest BCUT2D eigenvalue weighted by atomic mass is 10.1. The molecule has 0 saturated heterocycles. The van der Waals surface area contributed by atoms with Crippen LogP contribution in [0.15, 0.2) is 0 Å². The molecule has 3 nitrogen and oxygen atoms in total. The lowest BCUT2D eigenvalue weighted by Crippen LogP contribution is -2.32. The maximum absolute atomic E-state index is 11.0. The van der Waals surface area contributed by atoms with Crippen LogP contribution in [0.5, 0.6) is 0 Å². The second-order valence-corrected chi connectivity index (χ2v) is 3.06. The summed E-state index contributed by atoms with van der Waals surface area (Å²) >= 11 is 0.807. The van der Waals surface area contributed by atoms with Gasteiger partial charge in [0.2, 0.25) is 5.12 Å². The van der Waals surface area contributed by atoms with Crippen LogP contribution in [0.1, 0.15) is 26.2 Å². The smallest absolute Gasteiger partial charge is 0.220 e. The topological polar surface area (TPSA) is 55.1 Å². The molecule has 1 atom stereocenters. The third-order valence-electron chi connectivity index (χ3n) is 1.60. The van der Waals surface area contributed by atoms with Gasteiger partial charge < -0.3 is 5.32 Å². The third kappa shape index (κ3) is 4.40. The molecule has 66 valence electrons. The van der Waals surface area contributed by atoms with E-state index in [1.165, 1.54) is 0 Å². The van der Waals surface area contributed by atoms with Gasteiger partial charge in [0.1, 0.15) is 0 Å². The van der Waals surface area contributed by atoms with Crippen LogP contribution in [0.25, 0.3) is 0 Å². The Kier molecular flexibility index (Phi) is 6.60. The van der Waals surface area contributed by atoms with Crippen molar-refractivity contribution in [1.29, 1.82) is 0 Å². The maximum atomic E-state index is 11.0. The number of carbonyl (C=O) groups excluding carboxylic acids is 1. The van der Waals surface area contributed by atoms with Gasteiger partial charge in [0.15, 0.2) is 0 Å². The highest BCUT2D eigenvalue weighted by Crippen LogP contribution is 2.05. The normalized spacial score (nSPS) is 13.0. The van der Waals surface area contributed by atoms with Crippen molar-refractivity contribution in [3.63, 3.8) is 0 Å². The summed E-state index contributed by atoms with van der Waals surface area (Å²) in [6, 6.07) is -0.0649. The third-order valence-corrected chi connectivity index (χ3v) is 2.11. The van der Waals surface area contributed by atoms with E-state index >= 15 is 0 Å². The summed E-state index contributed by atoms with van der Waals surface area (Å²) in [6.45, 7) is 2.10. The van der Waals surface area contributed by atoms with Gasteiger partial charge in [0.05, 0.1) is 6.04 Å². The molecule has 0 bridgehead atoms. The second-order valence-electron chi connectivity index (χ2n) is 2.42. The average molecular weight is 176 g/mol. The number of rotatable bonds is 5. The van der Waals surface area contributed by atoms with Crippen molar-refractivity contribution in [1.82, 2.24) is 5.32 Å². The molecule has 0 aliphatic carbocycles. The van der Waals surface area contributed by atoms with Crippen LogP contribution < -0.4 is 10.5 Å². The Labute approximate surface area is 72.2 Å². The predicted molar refractivity (Wildman–Crippen MR) is 49.2 cm³/mol. The minimum atomic E-state index is -0.0649. The zero-order chi connectivity index (χ0) is 8.69. The van der Waals surface area contributed by atoms with E-state index in [9.17, 15) is 4.79 Å². The molecular formula is C7H16N2OS. The molecule has 0 aromatic heterocycles. The van der Waals surface area contributed by atoms with Crippen LogP contribution in [0.4, 0.5) is 0 Å². The maximum Gasteiger partial charge on any atom is 0.220 e. The van der Waals surface area contributed by atoms with Gasteiger partial charge in [-0.2, -0.15) is 0 Å². The summed E-state index contributed by atoms with van der Waals surface area (Å²) in [5.41, 5.74) is 0. The number of hydrogen-bond donors (Lipinski definition) is 2. The molecule has 0 radical (unpaired) electrons. The molecule has 0 aromatic carbocycles. The van der Waals surface area contributed by atoms with Crippen LogP contribution in [0, 0.1) is 0 Å². The molecule has 0 aliphatic heterocycles. The Hall–Kier alpha value is -0.0600. The van der Waals surface area contributed by atoms with Crippen LogP contribution >= 0.6 is 11.9 Å². The fourth-order valence-electron chi connectivity index (χ4n) is 0.870. The van der Waals surface area contributed by atoms with Gasteiger partial charge in [0, 0.05) is 0 Å². The number of carbonyl (C=O) groups is 1. The van der Waals surface area contributed by atoms with Crippen molar-refractivity contribution < 1.29 is 4.79 Å². The Morgan fingerprint density at radius 1 is 1.73 bits per heavy atom. The fourth-order valence-corrected chi connectivity index (χ4v) is 1.27. The van der Waals surface area contributed by atoms with Gasteiger partial charge in [-0.05, 0) is 25.4 Å². The minimum absolute atomic E-state index is 0.0287. The molecule has 0 amide bonds. The molecule has 4 heteroatoms. The Morgan fingerprint density at radius 3 is 2.73 bits per heavy atom. The monoisotopic (exact) mass is 176 g/mol. The summed E-state index contributed by atoms with van der Waals surface area (Å²) < 4.78 is 0. The zero-order valence-electron chi connectivity index (χ0n) is 7.09. The molecule has 3 N–H and O–H groups in total. The summed E-state index contributed by atoms with van der Waals surface area (Å²) in [5, 5.41) is 8.11. The number of unbranched alkanes of at least 4 members (excludes halogenated alkanes) is 1. The quantitative estimate of drug-likeness (QED) is 0.611. The fraction of sp³-hybridized carbons (Fsp3) is 0.857. The number of likely N-dealkylation sites (N-methyl/N-ethyl adjacent to an activating group) is 1. The van der Waals surface area contributed by atoms with E-state index in [0.717, 1.165) is 31.2 Å². The molecule has 0 spiro atoms. The molecule has 11 heavy (non-hydrogen) atoms. The molecule has 0 saturated carbocycles. The molecule has 0 aliphatic rings. The summed E-state index contributed by atoms with van der Waals surface area (Å²) in [7, 11) is 1.79. The first-order chi connectivity index (χ1) is 5.26. The number of nitrogens with two attached hydrogens (primary N) is 1. The van der Waals surface area contributed by atoms with Gasteiger partial charge in [-0.1, -0.05) is 19.8 Å². The van der Waals surface area contributed by atoms with Crippen LogP contribution in [0.2, 0.25) is 0 Å². The highest BCUT2D eigenvalue weighted by molar-refractivity contribution is 8.11. The Bertz CT molecular complexity index is 119. The van der Waals surface area contributed by atoms with E-state index in [2.05, 4.69) is 12.2 Å². The van der Waals surface area contributed by atoms with E-state index in [-0.39, 0.29) is 11.2 Å². The first kappa shape index (κ1) is 10.9. The van der Waals surface area contributed by atoms with Gasteiger partial charge in [-0.25, -0.2) is 0 Å². The molecule has 0 fully saturated rings. The molecule has 0 heterocycles. The summed E-state index contributed by atoms with van der Waals surface area (Å²) in [5.74, 6) is 0. The van der Waals surface area contributed by atoms with E-state index in [1.54, 1.807) is 7.05 Å². The van der Waals surface area contributed by atoms with E-state index in [0.29, 0.717) is 0 Å². The summed E-state index contributed by atoms with van der Waals surface area (Å²) in [6.07, 6.45) is 3.06. The lowest BCUT2D eigenvalue weighted by Gasteiger charge is -2.11. The van der Waals surface area contributed by atoms with E-state index in [4.69, 9.17) is 5.14 Å². The lowest BCUT2D eigenvalue weighted by molar-refractivity contribution is -0.112. The zero-order valence-corrected chi connectivity index (χ0v) is 7.91. The van der Waals surface area contributed by atoms with Crippen molar-refractivity contribution in [3.8, 4) is 0 Å². The van der Waals surface area contributed by atoms with Gasteiger partial charge >= 0.3 is 0 Å². The molecule has 0 unspecified atom stereocenters. The van der Waals surface area contributed by atoms with Crippen molar-refractivity contribution in [2.45, 2.75) is 32.2 Å². The van der Waals surface area contributed by atoms with Crippen molar-refractivity contribution >= 4 is 17.1 Å². The second kappa shape index (κ2) is 6.64. The Morgan fingerprint density at radius 2 is 2.36 bits per heavy atom. The number of hydrogen-bond acceptors (Lipinski definition) is 4. The van der Waals surface area contributed by atoms with Gasteiger partial charge in [0.25, 0.3) is 0 Å². The first-order valence-corrected chi connectivity index (χ1v) is 4.72. The minimum Gasteiger partial charge on any atom is -0.310 e. The number of nitrogens with one attached hydrogen (secondary N) is 1. The SMILES string of the molecule is CCCC[C@H](NC)C(=O)SN. The van der Waals surface area contributed by atoms with Crippen LogP contribution in [-0.4, -0.2) is 18.2 Å². The molecule has 0 aromatic rings. The van der Waals surface area contributed by atoms with E-state index in [1.807, 2.05) is 0 Å². The molecule has 0 rings (SSSR count). The first-order valence-electron chi connectivity index (χ1n) is 3.84.